The monoisotopic (exact) mass is 261 g/mol. The maximum absolute atomic E-state index is 13.5. The standard InChI is InChI=1S/C13H9ClFN3/c14-8-6-7(4-5-10(8)16)13-17-11-3-1-2-9(15)12(11)18-13/h1-6H,16H2,(H,17,18). The number of nitrogens with two attached hydrogens (primary N) is 1. The molecule has 18 heavy (non-hydrogen) atoms. The summed E-state index contributed by atoms with van der Waals surface area (Å²) in [6.45, 7) is 0. The number of anilines is 1. The minimum atomic E-state index is -0.350. The Labute approximate surface area is 107 Å². The summed E-state index contributed by atoms with van der Waals surface area (Å²) < 4.78 is 13.5. The second-order valence-electron chi connectivity index (χ2n) is 3.96. The van der Waals surface area contributed by atoms with Crippen molar-refractivity contribution in [2.24, 2.45) is 0 Å². The van der Waals surface area contributed by atoms with E-state index in [4.69, 9.17) is 17.3 Å². The van der Waals surface area contributed by atoms with E-state index in [9.17, 15) is 4.39 Å². The van der Waals surface area contributed by atoms with Gasteiger partial charge in [0.2, 0.25) is 0 Å². The number of hydrogen-bond donors (Lipinski definition) is 2. The quantitative estimate of drug-likeness (QED) is 0.658. The van der Waals surface area contributed by atoms with Gasteiger partial charge < -0.3 is 10.7 Å². The van der Waals surface area contributed by atoms with Crippen molar-refractivity contribution in [3.63, 3.8) is 0 Å². The highest BCUT2D eigenvalue weighted by Crippen LogP contribution is 2.27. The summed E-state index contributed by atoms with van der Waals surface area (Å²) in [7, 11) is 0. The molecule has 0 bridgehead atoms. The van der Waals surface area contributed by atoms with Gasteiger partial charge in [0.1, 0.15) is 11.3 Å². The van der Waals surface area contributed by atoms with Gasteiger partial charge in [-0.05, 0) is 30.3 Å². The number of nitrogens with one attached hydrogen (secondary N) is 1. The van der Waals surface area contributed by atoms with Crippen LogP contribution in [0.1, 0.15) is 0 Å². The molecule has 0 amide bonds. The number of nitrogens with zero attached hydrogens (tertiary/aromatic N) is 1. The van der Waals surface area contributed by atoms with E-state index in [0.29, 0.717) is 27.6 Å². The predicted octanol–water partition coefficient (Wildman–Crippen LogP) is 3.60. The van der Waals surface area contributed by atoms with E-state index in [0.717, 1.165) is 5.56 Å². The average Bonchev–Trinajstić information content (AvgIpc) is 2.78. The fourth-order valence-corrected chi connectivity index (χ4v) is 1.99. The summed E-state index contributed by atoms with van der Waals surface area (Å²) in [6, 6.07) is 9.97. The number of imidazole rings is 1. The van der Waals surface area contributed by atoms with Crippen molar-refractivity contribution in [3.05, 3.63) is 47.2 Å². The van der Waals surface area contributed by atoms with Crippen LogP contribution in [0.25, 0.3) is 22.4 Å². The van der Waals surface area contributed by atoms with Gasteiger partial charge in [0, 0.05) is 5.56 Å². The van der Waals surface area contributed by atoms with Gasteiger partial charge in [0.15, 0.2) is 5.82 Å². The number of halogens is 2. The van der Waals surface area contributed by atoms with Crippen molar-refractivity contribution < 1.29 is 4.39 Å². The van der Waals surface area contributed by atoms with Crippen LogP contribution >= 0.6 is 11.6 Å². The number of rotatable bonds is 1. The minimum absolute atomic E-state index is 0.320. The third-order valence-corrected chi connectivity index (χ3v) is 3.06. The Balaban J connectivity index is 2.19. The van der Waals surface area contributed by atoms with Gasteiger partial charge in [-0.3, -0.25) is 0 Å². The lowest BCUT2D eigenvalue weighted by molar-refractivity contribution is 0.637. The van der Waals surface area contributed by atoms with Crippen molar-refractivity contribution >= 4 is 28.3 Å². The molecule has 3 N–H and O–H groups in total. The van der Waals surface area contributed by atoms with Gasteiger partial charge in [-0.25, -0.2) is 9.37 Å². The molecule has 0 radical (unpaired) electrons. The van der Waals surface area contributed by atoms with E-state index in [1.54, 1.807) is 30.3 Å². The Morgan fingerprint density at radius 2 is 2.06 bits per heavy atom. The number of H-pyrrole nitrogens is 1. The van der Waals surface area contributed by atoms with Gasteiger partial charge in [-0.2, -0.15) is 0 Å². The van der Waals surface area contributed by atoms with Crippen LogP contribution in [0.15, 0.2) is 36.4 Å². The van der Waals surface area contributed by atoms with Crippen LogP contribution in [0.3, 0.4) is 0 Å². The van der Waals surface area contributed by atoms with Crippen molar-refractivity contribution in [3.8, 4) is 11.4 Å². The van der Waals surface area contributed by atoms with Crippen LogP contribution in [-0.4, -0.2) is 9.97 Å². The predicted molar refractivity (Wildman–Crippen MR) is 70.9 cm³/mol. The van der Waals surface area contributed by atoms with Gasteiger partial charge in [-0.1, -0.05) is 17.7 Å². The summed E-state index contributed by atoms with van der Waals surface area (Å²) in [6.07, 6.45) is 0. The molecule has 0 fully saturated rings. The molecule has 3 aromatic rings. The third-order valence-electron chi connectivity index (χ3n) is 2.74. The van der Waals surface area contributed by atoms with E-state index in [-0.39, 0.29) is 5.82 Å². The summed E-state index contributed by atoms with van der Waals surface area (Å²) in [4.78, 5) is 7.27. The summed E-state index contributed by atoms with van der Waals surface area (Å²) in [5, 5.41) is 0.452. The lowest BCUT2D eigenvalue weighted by Crippen LogP contribution is -1.87. The smallest absolute Gasteiger partial charge is 0.151 e. The molecule has 0 unspecified atom stereocenters. The number of fused-ring (bicyclic) bond motifs is 1. The Hall–Kier alpha value is -2.07. The van der Waals surface area contributed by atoms with Gasteiger partial charge in [0.05, 0.1) is 16.2 Å². The fraction of sp³-hybridized carbons (Fsp3) is 0. The highest BCUT2D eigenvalue weighted by Gasteiger charge is 2.09. The van der Waals surface area contributed by atoms with Gasteiger partial charge in [0.25, 0.3) is 0 Å². The number of para-hydroxylation sites is 1. The maximum Gasteiger partial charge on any atom is 0.151 e. The van der Waals surface area contributed by atoms with E-state index in [1.165, 1.54) is 6.07 Å². The molecule has 1 aromatic heterocycles. The first-order chi connectivity index (χ1) is 8.65. The zero-order valence-electron chi connectivity index (χ0n) is 9.24. The Bertz CT molecular complexity index is 736. The average molecular weight is 262 g/mol. The van der Waals surface area contributed by atoms with E-state index in [2.05, 4.69) is 9.97 Å². The molecule has 0 aliphatic heterocycles. The maximum atomic E-state index is 13.5. The van der Waals surface area contributed by atoms with E-state index in [1.807, 2.05) is 0 Å². The normalized spacial score (nSPS) is 11.0. The minimum Gasteiger partial charge on any atom is -0.398 e. The number of benzene rings is 2. The molecule has 1 heterocycles. The van der Waals surface area contributed by atoms with Crippen molar-refractivity contribution in [2.75, 3.05) is 5.73 Å². The van der Waals surface area contributed by atoms with Crippen LogP contribution in [0.2, 0.25) is 5.02 Å². The zero-order valence-corrected chi connectivity index (χ0v) is 10.0. The summed E-state index contributed by atoms with van der Waals surface area (Å²) in [5.41, 5.74) is 7.89. The van der Waals surface area contributed by atoms with Crippen LogP contribution in [0.5, 0.6) is 0 Å². The lowest BCUT2D eigenvalue weighted by Gasteiger charge is -2.00. The van der Waals surface area contributed by atoms with Crippen LogP contribution in [0.4, 0.5) is 10.1 Å². The molecule has 5 heteroatoms. The van der Waals surface area contributed by atoms with Crippen molar-refractivity contribution in [1.29, 1.82) is 0 Å². The molecule has 0 atom stereocenters. The SMILES string of the molecule is Nc1ccc(-c2nc3c(F)cccc3[nH]2)cc1Cl. The number of nitrogen functional groups attached to an aromatic ring is 1. The second kappa shape index (κ2) is 3.99. The van der Waals surface area contributed by atoms with Gasteiger partial charge in [-0.15, -0.1) is 0 Å². The molecule has 90 valence electrons. The van der Waals surface area contributed by atoms with Crippen LogP contribution in [0, 0.1) is 5.82 Å². The summed E-state index contributed by atoms with van der Waals surface area (Å²) in [5.74, 6) is 0.216. The first kappa shape index (κ1) is 11.0. The van der Waals surface area contributed by atoms with Gasteiger partial charge >= 0.3 is 0 Å². The highest BCUT2D eigenvalue weighted by molar-refractivity contribution is 6.33. The largest absolute Gasteiger partial charge is 0.398 e. The zero-order chi connectivity index (χ0) is 12.7. The Morgan fingerprint density at radius 3 is 2.78 bits per heavy atom. The molecule has 0 saturated heterocycles. The molecular formula is C13H9ClFN3. The molecule has 0 aliphatic rings. The van der Waals surface area contributed by atoms with Crippen molar-refractivity contribution in [1.82, 2.24) is 9.97 Å². The van der Waals surface area contributed by atoms with Crippen molar-refractivity contribution in [2.45, 2.75) is 0 Å². The topological polar surface area (TPSA) is 54.7 Å². The third kappa shape index (κ3) is 1.71. The van der Waals surface area contributed by atoms with E-state index < -0.39 is 0 Å². The second-order valence-corrected chi connectivity index (χ2v) is 4.36. The van der Waals surface area contributed by atoms with Crippen LogP contribution in [-0.2, 0) is 0 Å². The highest BCUT2D eigenvalue weighted by atomic mass is 35.5. The first-order valence-corrected chi connectivity index (χ1v) is 5.72. The molecule has 0 spiro atoms. The molecule has 3 nitrogen and oxygen atoms in total. The molecular weight excluding hydrogens is 253 g/mol. The molecule has 0 saturated carbocycles. The number of hydrogen-bond acceptors (Lipinski definition) is 2. The van der Waals surface area contributed by atoms with Crippen LogP contribution < -0.4 is 5.73 Å². The van der Waals surface area contributed by atoms with E-state index >= 15 is 0 Å². The lowest BCUT2D eigenvalue weighted by atomic mass is 10.2. The molecule has 2 aromatic carbocycles. The molecule has 3 rings (SSSR count). The Morgan fingerprint density at radius 1 is 1.22 bits per heavy atom. The Kier molecular flexibility index (Phi) is 2.45. The molecule has 0 aliphatic carbocycles. The number of aromatic nitrogens is 2. The number of aromatic amines is 1. The fourth-order valence-electron chi connectivity index (χ4n) is 1.81. The first-order valence-electron chi connectivity index (χ1n) is 5.35. The summed E-state index contributed by atoms with van der Waals surface area (Å²) >= 11 is 5.95.